The van der Waals surface area contributed by atoms with Crippen LogP contribution < -0.4 is 4.90 Å². The van der Waals surface area contributed by atoms with E-state index in [1.165, 1.54) is 60.3 Å². The lowest BCUT2D eigenvalue weighted by atomic mass is 9.85. The van der Waals surface area contributed by atoms with Crippen LogP contribution in [-0.2, 0) is 5.54 Å². The Balaban J connectivity index is 1.60. The number of fused-ring (bicyclic) bond motifs is 1. The van der Waals surface area contributed by atoms with Gasteiger partial charge in [-0.05, 0) is 83.3 Å². The van der Waals surface area contributed by atoms with Crippen molar-refractivity contribution in [1.29, 1.82) is 0 Å². The molecular formula is C34H28N2. The number of rotatable bonds is 2. The minimum absolute atomic E-state index is 0.277. The van der Waals surface area contributed by atoms with Crippen LogP contribution >= 0.6 is 0 Å². The minimum atomic E-state index is -0.277. The molecule has 174 valence electrons. The highest BCUT2D eigenvalue weighted by Gasteiger charge is 2.39. The minimum Gasteiger partial charge on any atom is -0.316 e. The van der Waals surface area contributed by atoms with E-state index in [4.69, 9.17) is 4.99 Å². The van der Waals surface area contributed by atoms with Crippen LogP contribution in [0.3, 0.4) is 0 Å². The molecule has 7 rings (SSSR count). The molecule has 0 aliphatic carbocycles. The Morgan fingerprint density at radius 2 is 1.25 bits per heavy atom. The van der Waals surface area contributed by atoms with E-state index in [1.54, 1.807) is 0 Å². The first kappa shape index (κ1) is 21.1. The molecule has 0 saturated carbocycles. The van der Waals surface area contributed by atoms with Crippen LogP contribution in [0.1, 0.15) is 36.1 Å². The summed E-state index contributed by atoms with van der Waals surface area (Å²) in [5.74, 6) is 1.00. The maximum atomic E-state index is 5.35. The zero-order valence-corrected chi connectivity index (χ0v) is 21.1. The first-order valence-electron chi connectivity index (χ1n) is 12.7. The Morgan fingerprint density at radius 1 is 0.611 bits per heavy atom. The Morgan fingerprint density at radius 3 is 2.06 bits per heavy atom. The molecule has 0 bridgehead atoms. The summed E-state index contributed by atoms with van der Waals surface area (Å²) in [5, 5.41) is 7.83. The molecule has 2 nitrogen and oxygen atoms in total. The molecule has 6 aromatic rings. The number of hydrogen-bond acceptors (Lipinski definition) is 2. The predicted octanol–water partition coefficient (Wildman–Crippen LogP) is 9.03. The van der Waals surface area contributed by atoms with Gasteiger partial charge in [0, 0.05) is 16.8 Å². The summed E-state index contributed by atoms with van der Waals surface area (Å²) in [6.07, 6.45) is 0. The van der Waals surface area contributed by atoms with Crippen LogP contribution in [0.2, 0.25) is 0 Å². The van der Waals surface area contributed by atoms with Crippen molar-refractivity contribution in [1.82, 2.24) is 0 Å². The molecule has 0 saturated heterocycles. The van der Waals surface area contributed by atoms with Crippen molar-refractivity contribution in [3.63, 3.8) is 0 Å². The van der Waals surface area contributed by atoms with E-state index in [2.05, 4.69) is 130 Å². The molecule has 0 radical (unpaired) electrons. The molecule has 6 aromatic carbocycles. The van der Waals surface area contributed by atoms with Crippen molar-refractivity contribution in [2.45, 2.75) is 33.2 Å². The zero-order valence-electron chi connectivity index (χ0n) is 21.1. The fourth-order valence-corrected chi connectivity index (χ4v) is 6.19. The predicted molar refractivity (Wildman–Crippen MR) is 154 cm³/mol. The Bertz CT molecular complexity index is 1840. The second kappa shape index (κ2) is 7.41. The van der Waals surface area contributed by atoms with Gasteiger partial charge in [-0.1, -0.05) is 84.9 Å². The van der Waals surface area contributed by atoms with Crippen LogP contribution in [0.5, 0.6) is 0 Å². The second-order valence-electron chi connectivity index (χ2n) is 10.6. The Labute approximate surface area is 211 Å². The third kappa shape index (κ3) is 2.82. The van der Waals surface area contributed by atoms with E-state index in [9.17, 15) is 0 Å². The highest BCUT2D eigenvalue weighted by atomic mass is 15.3. The van der Waals surface area contributed by atoms with Gasteiger partial charge in [-0.15, -0.1) is 0 Å². The first-order valence-corrected chi connectivity index (χ1v) is 12.7. The van der Waals surface area contributed by atoms with E-state index in [0.29, 0.717) is 0 Å². The van der Waals surface area contributed by atoms with E-state index >= 15 is 0 Å². The van der Waals surface area contributed by atoms with Gasteiger partial charge < -0.3 is 4.90 Å². The van der Waals surface area contributed by atoms with Crippen molar-refractivity contribution in [3.05, 3.63) is 119 Å². The van der Waals surface area contributed by atoms with Crippen molar-refractivity contribution in [2.24, 2.45) is 4.99 Å². The lowest BCUT2D eigenvalue weighted by molar-refractivity contribution is 0.540. The van der Waals surface area contributed by atoms with Crippen molar-refractivity contribution >= 4 is 49.5 Å². The Kier molecular flexibility index (Phi) is 4.35. The monoisotopic (exact) mass is 464 g/mol. The van der Waals surface area contributed by atoms with Gasteiger partial charge in [0.2, 0.25) is 0 Å². The van der Waals surface area contributed by atoms with Crippen LogP contribution in [0, 0.1) is 13.8 Å². The van der Waals surface area contributed by atoms with Gasteiger partial charge in [0.15, 0.2) is 0 Å². The average molecular weight is 465 g/mol. The van der Waals surface area contributed by atoms with E-state index in [1.807, 2.05) is 0 Å². The maximum Gasteiger partial charge on any atom is 0.142 e. The molecule has 1 aliphatic rings. The van der Waals surface area contributed by atoms with Crippen molar-refractivity contribution in [3.8, 4) is 0 Å². The summed E-state index contributed by atoms with van der Waals surface area (Å²) in [7, 11) is 0. The van der Waals surface area contributed by atoms with Gasteiger partial charge in [0.25, 0.3) is 0 Å². The lowest BCUT2D eigenvalue weighted by Crippen LogP contribution is -2.48. The smallest absolute Gasteiger partial charge is 0.142 e. The van der Waals surface area contributed by atoms with E-state index in [0.717, 1.165) is 11.5 Å². The summed E-state index contributed by atoms with van der Waals surface area (Å²) in [6.45, 7) is 9.02. The third-order valence-electron chi connectivity index (χ3n) is 8.04. The van der Waals surface area contributed by atoms with Crippen LogP contribution in [-0.4, -0.2) is 5.84 Å². The van der Waals surface area contributed by atoms with Crippen molar-refractivity contribution < 1.29 is 0 Å². The van der Waals surface area contributed by atoms with E-state index < -0.39 is 0 Å². The van der Waals surface area contributed by atoms with Gasteiger partial charge in [0.1, 0.15) is 5.84 Å². The largest absolute Gasteiger partial charge is 0.316 e. The van der Waals surface area contributed by atoms with Gasteiger partial charge >= 0.3 is 0 Å². The number of anilines is 1. The molecule has 0 N–H and O–H groups in total. The van der Waals surface area contributed by atoms with Gasteiger partial charge in [-0.3, -0.25) is 0 Å². The molecule has 1 aliphatic heterocycles. The summed E-state index contributed by atoms with van der Waals surface area (Å²) in [6, 6.07) is 35.3. The number of hydrogen-bond donors (Lipinski definition) is 0. The summed E-state index contributed by atoms with van der Waals surface area (Å²) < 4.78 is 0. The first-order chi connectivity index (χ1) is 17.4. The topological polar surface area (TPSA) is 15.6 Å². The maximum absolute atomic E-state index is 5.35. The average Bonchev–Trinajstić information content (AvgIpc) is 2.89. The highest BCUT2D eigenvalue weighted by molar-refractivity contribution is 6.29. The lowest BCUT2D eigenvalue weighted by Gasteiger charge is -2.45. The van der Waals surface area contributed by atoms with Gasteiger partial charge in [-0.2, -0.15) is 0 Å². The standard InChI is InChI=1S/C34H28N2/c1-21-13-14-23-16-19-26-27(20-17-24-15-18-25(21)31(23)32(24)26)33-35-29-11-7-6-10-28(29)34(3,4)36(33)30-12-8-5-9-22(30)2/h5-20H,1-4H3. The SMILES string of the molecule is Cc1ccccc1N1C(c2ccc3ccc4c(C)ccc5ccc2c3c54)=Nc2ccccc2C1(C)C. The molecule has 0 aromatic heterocycles. The quantitative estimate of drug-likeness (QED) is 0.233. The normalized spacial score (nSPS) is 15.0. The summed E-state index contributed by atoms with van der Waals surface area (Å²) >= 11 is 0. The molecule has 0 spiro atoms. The van der Waals surface area contributed by atoms with Crippen LogP contribution in [0.25, 0.3) is 32.3 Å². The fraction of sp³-hybridized carbons (Fsp3) is 0.147. The molecule has 1 heterocycles. The van der Waals surface area contributed by atoms with E-state index in [-0.39, 0.29) is 5.54 Å². The number of para-hydroxylation sites is 2. The number of benzene rings is 6. The summed E-state index contributed by atoms with van der Waals surface area (Å²) in [5.41, 5.74) is 6.93. The molecule has 0 atom stereocenters. The molecular weight excluding hydrogens is 436 g/mol. The number of nitrogens with zero attached hydrogens (tertiary/aromatic N) is 2. The second-order valence-corrected chi connectivity index (χ2v) is 10.6. The molecule has 0 amide bonds. The van der Waals surface area contributed by atoms with Crippen LogP contribution in [0.15, 0.2) is 102 Å². The summed E-state index contributed by atoms with van der Waals surface area (Å²) in [4.78, 5) is 7.80. The number of aliphatic imine (C=N–C) groups is 1. The highest BCUT2D eigenvalue weighted by Crippen LogP contribution is 2.45. The Hall–Kier alpha value is -4.17. The number of aryl methyl sites for hydroxylation is 2. The molecule has 0 fully saturated rings. The fourth-order valence-electron chi connectivity index (χ4n) is 6.19. The van der Waals surface area contributed by atoms with Crippen molar-refractivity contribution in [2.75, 3.05) is 4.90 Å². The van der Waals surface area contributed by atoms with Crippen LogP contribution in [0.4, 0.5) is 11.4 Å². The molecule has 0 unspecified atom stereocenters. The van der Waals surface area contributed by atoms with Gasteiger partial charge in [0.05, 0.1) is 11.2 Å². The van der Waals surface area contributed by atoms with Gasteiger partial charge in [-0.25, -0.2) is 4.99 Å². The zero-order chi connectivity index (χ0) is 24.6. The third-order valence-corrected chi connectivity index (χ3v) is 8.04. The molecule has 36 heavy (non-hydrogen) atoms. The molecule has 2 heteroatoms. The number of amidine groups is 1.